The fourth-order valence-electron chi connectivity index (χ4n) is 2.65. The van der Waals surface area contributed by atoms with Crippen LogP contribution in [0.3, 0.4) is 0 Å². The Morgan fingerprint density at radius 3 is 2.80 bits per heavy atom. The number of anilines is 1. The van der Waals surface area contributed by atoms with E-state index in [4.69, 9.17) is 14.2 Å². The van der Waals surface area contributed by atoms with E-state index < -0.39 is 0 Å². The molecule has 6 nitrogen and oxygen atoms in total. The van der Waals surface area contributed by atoms with E-state index in [-0.39, 0.29) is 18.7 Å². The molecule has 2 aromatic carbocycles. The molecule has 1 N–H and O–H groups in total. The van der Waals surface area contributed by atoms with Crippen LogP contribution >= 0.6 is 0 Å². The number of carbonyl (C=O) groups excluding carboxylic acids is 1. The molecule has 1 aliphatic rings. The third kappa shape index (κ3) is 3.85. The number of hydrogen-bond donors (Lipinski definition) is 1. The Morgan fingerprint density at radius 1 is 1.24 bits per heavy atom. The van der Waals surface area contributed by atoms with Gasteiger partial charge in [0, 0.05) is 6.54 Å². The highest BCUT2D eigenvalue weighted by molar-refractivity contribution is 5.95. The van der Waals surface area contributed by atoms with Crippen LogP contribution in [0.25, 0.3) is 0 Å². The number of rotatable bonds is 6. The summed E-state index contributed by atoms with van der Waals surface area (Å²) in [6, 6.07) is 12.9. The lowest BCUT2D eigenvalue weighted by Crippen LogP contribution is -2.39. The van der Waals surface area contributed by atoms with Gasteiger partial charge in [-0.05, 0) is 43.8 Å². The predicted octanol–water partition coefficient (Wildman–Crippen LogP) is 2.88. The largest absolute Gasteiger partial charge is 0.495 e. The third-order valence-electron chi connectivity index (χ3n) is 4.27. The maximum Gasteiger partial charge on any atom is 0.241 e. The van der Waals surface area contributed by atoms with Crippen molar-refractivity contribution in [3.8, 4) is 17.2 Å². The van der Waals surface area contributed by atoms with E-state index in [1.807, 2.05) is 61.3 Å². The van der Waals surface area contributed by atoms with E-state index >= 15 is 0 Å². The Bertz CT molecular complexity index is 763. The van der Waals surface area contributed by atoms with Crippen LogP contribution in [0, 0.1) is 0 Å². The summed E-state index contributed by atoms with van der Waals surface area (Å²) in [5.41, 5.74) is 1.72. The van der Waals surface area contributed by atoms with E-state index in [1.165, 1.54) is 0 Å². The fourth-order valence-corrected chi connectivity index (χ4v) is 2.65. The molecule has 0 spiro atoms. The lowest BCUT2D eigenvalue weighted by atomic mass is 10.1. The summed E-state index contributed by atoms with van der Waals surface area (Å²) in [6.07, 6.45) is 0. The van der Waals surface area contributed by atoms with E-state index in [0.29, 0.717) is 18.0 Å². The molecule has 1 amide bonds. The van der Waals surface area contributed by atoms with Gasteiger partial charge in [0.15, 0.2) is 11.5 Å². The zero-order valence-electron chi connectivity index (χ0n) is 14.6. The minimum Gasteiger partial charge on any atom is -0.495 e. The Hall–Kier alpha value is -2.73. The number of carbonyl (C=O) groups is 1. The first-order chi connectivity index (χ1) is 12.1. The topological polar surface area (TPSA) is 60.0 Å². The van der Waals surface area contributed by atoms with Crippen LogP contribution in [0.2, 0.25) is 0 Å². The lowest BCUT2D eigenvalue weighted by molar-refractivity contribution is -0.120. The van der Waals surface area contributed by atoms with Crippen molar-refractivity contribution < 1.29 is 19.0 Å². The summed E-state index contributed by atoms with van der Waals surface area (Å²) in [5, 5.41) is 2.92. The summed E-state index contributed by atoms with van der Waals surface area (Å²) in [4.78, 5) is 14.5. The molecule has 132 valence electrons. The molecule has 1 aliphatic heterocycles. The van der Waals surface area contributed by atoms with Crippen molar-refractivity contribution in [3.63, 3.8) is 0 Å². The van der Waals surface area contributed by atoms with E-state index in [0.717, 1.165) is 17.1 Å². The van der Waals surface area contributed by atoms with Crippen molar-refractivity contribution in [1.29, 1.82) is 0 Å². The molecule has 0 aromatic heterocycles. The van der Waals surface area contributed by atoms with Gasteiger partial charge in [-0.1, -0.05) is 18.2 Å². The summed E-state index contributed by atoms with van der Waals surface area (Å²) in [7, 11) is 3.50. The zero-order valence-corrected chi connectivity index (χ0v) is 14.6. The van der Waals surface area contributed by atoms with Gasteiger partial charge in [0.25, 0.3) is 0 Å². The predicted molar refractivity (Wildman–Crippen MR) is 95.1 cm³/mol. The second-order valence-corrected chi connectivity index (χ2v) is 5.97. The molecule has 6 heteroatoms. The molecule has 1 heterocycles. The maximum absolute atomic E-state index is 12.5. The van der Waals surface area contributed by atoms with Gasteiger partial charge in [0.2, 0.25) is 12.7 Å². The van der Waals surface area contributed by atoms with Crippen LogP contribution in [0.1, 0.15) is 12.5 Å². The van der Waals surface area contributed by atoms with Gasteiger partial charge in [-0.3, -0.25) is 9.69 Å². The Labute approximate surface area is 147 Å². The third-order valence-corrected chi connectivity index (χ3v) is 4.27. The number of hydrogen-bond acceptors (Lipinski definition) is 5. The smallest absolute Gasteiger partial charge is 0.241 e. The molecule has 0 bridgehead atoms. The summed E-state index contributed by atoms with van der Waals surface area (Å²) < 4.78 is 16.0. The first-order valence-corrected chi connectivity index (χ1v) is 8.11. The fraction of sp³-hybridized carbons (Fsp3) is 0.316. The molecule has 0 saturated heterocycles. The van der Waals surface area contributed by atoms with E-state index in [2.05, 4.69) is 5.32 Å². The van der Waals surface area contributed by atoms with Crippen molar-refractivity contribution in [2.75, 3.05) is 26.3 Å². The molecule has 0 radical (unpaired) electrons. The molecular formula is C19H22N2O4. The van der Waals surface area contributed by atoms with Crippen molar-refractivity contribution in [2.24, 2.45) is 0 Å². The normalized spacial score (nSPS) is 13.6. The molecule has 0 unspecified atom stereocenters. The summed E-state index contributed by atoms with van der Waals surface area (Å²) in [6.45, 7) is 2.75. The standard InChI is InChI=1S/C19H22N2O4/c1-13(19(22)20-15-6-4-5-7-16(15)23-3)21(2)11-14-8-9-17-18(10-14)25-12-24-17/h4-10,13H,11-12H2,1-3H3,(H,20,22)/t13-/m1/s1. The van der Waals surface area contributed by atoms with E-state index in [9.17, 15) is 4.79 Å². The molecule has 0 aliphatic carbocycles. The number of nitrogens with one attached hydrogen (secondary N) is 1. The highest BCUT2D eigenvalue weighted by atomic mass is 16.7. The minimum absolute atomic E-state index is 0.0901. The Balaban J connectivity index is 1.63. The number of benzene rings is 2. The number of methoxy groups -OCH3 is 1. The highest BCUT2D eigenvalue weighted by Gasteiger charge is 2.20. The van der Waals surface area contributed by atoms with Crippen LogP contribution in [0.4, 0.5) is 5.69 Å². The molecule has 25 heavy (non-hydrogen) atoms. The monoisotopic (exact) mass is 342 g/mol. The number of ether oxygens (including phenoxy) is 3. The zero-order chi connectivity index (χ0) is 17.8. The minimum atomic E-state index is -0.310. The van der Waals surface area contributed by atoms with Crippen LogP contribution in [-0.2, 0) is 11.3 Å². The van der Waals surface area contributed by atoms with Crippen LogP contribution in [0.15, 0.2) is 42.5 Å². The SMILES string of the molecule is COc1ccccc1NC(=O)[C@@H](C)N(C)Cc1ccc2c(c1)OCO2. The first kappa shape index (κ1) is 17.1. The van der Waals surface area contributed by atoms with Gasteiger partial charge in [-0.25, -0.2) is 0 Å². The van der Waals surface area contributed by atoms with Gasteiger partial charge < -0.3 is 19.5 Å². The summed E-state index contributed by atoms with van der Waals surface area (Å²) in [5.74, 6) is 2.06. The molecule has 0 saturated carbocycles. The van der Waals surface area contributed by atoms with Crippen molar-refractivity contribution in [3.05, 3.63) is 48.0 Å². The summed E-state index contributed by atoms with van der Waals surface area (Å²) >= 11 is 0. The quantitative estimate of drug-likeness (QED) is 0.875. The molecule has 1 atom stereocenters. The molecule has 2 aromatic rings. The van der Waals surface area contributed by atoms with Crippen molar-refractivity contribution in [1.82, 2.24) is 4.90 Å². The highest BCUT2D eigenvalue weighted by Crippen LogP contribution is 2.32. The van der Waals surface area contributed by atoms with Gasteiger partial charge in [-0.15, -0.1) is 0 Å². The Morgan fingerprint density at radius 2 is 2.00 bits per heavy atom. The van der Waals surface area contributed by atoms with Gasteiger partial charge in [0.05, 0.1) is 18.8 Å². The van der Waals surface area contributed by atoms with Crippen LogP contribution in [0.5, 0.6) is 17.2 Å². The number of fused-ring (bicyclic) bond motifs is 1. The van der Waals surface area contributed by atoms with Crippen LogP contribution in [-0.4, -0.2) is 37.8 Å². The van der Waals surface area contributed by atoms with Gasteiger partial charge in [-0.2, -0.15) is 0 Å². The van der Waals surface area contributed by atoms with Crippen molar-refractivity contribution >= 4 is 11.6 Å². The number of likely N-dealkylation sites (N-methyl/N-ethyl adjacent to an activating group) is 1. The first-order valence-electron chi connectivity index (χ1n) is 8.11. The van der Waals surface area contributed by atoms with E-state index in [1.54, 1.807) is 7.11 Å². The average Bonchev–Trinajstić information content (AvgIpc) is 3.09. The van der Waals surface area contributed by atoms with Crippen molar-refractivity contribution in [2.45, 2.75) is 19.5 Å². The number of nitrogens with zero attached hydrogens (tertiary/aromatic N) is 1. The molecular weight excluding hydrogens is 320 g/mol. The number of para-hydroxylation sites is 2. The lowest BCUT2D eigenvalue weighted by Gasteiger charge is -2.24. The second kappa shape index (κ2) is 7.44. The average molecular weight is 342 g/mol. The second-order valence-electron chi connectivity index (χ2n) is 5.97. The molecule has 3 rings (SSSR count). The molecule has 0 fully saturated rings. The Kier molecular flexibility index (Phi) is 5.09. The number of amides is 1. The van der Waals surface area contributed by atoms with Crippen LogP contribution < -0.4 is 19.5 Å². The maximum atomic E-state index is 12.5. The van der Waals surface area contributed by atoms with Gasteiger partial charge >= 0.3 is 0 Å². The van der Waals surface area contributed by atoms with Gasteiger partial charge in [0.1, 0.15) is 5.75 Å².